The summed E-state index contributed by atoms with van der Waals surface area (Å²) in [7, 11) is 0. The first-order valence-corrected chi connectivity index (χ1v) is 7.79. The number of hydrogen-bond acceptors (Lipinski definition) is 3. The van der Waals surface area contributed by atoms with Gasteiger partial charge in [-0.3, -0.25) is 0 Å². The second-order valence-corrected chi connectivity index (χ2v) is 5.88. The number of rotatable bonds is 7. The number of ether oxygens (including phenoxy) is 1. The van der Waals surface area contributed by atoms with Crippen LogP contribution in [0.5, 0.6) is 5.75 Å². The van der Waals surface area contributed by atoms with Crippen molar-refractivity contribution in [2.24, 2.45) is 0 Å². The van der Waals surface area contributed by atoms with Gasteiger partial charge in [0.1, 0.15) is 18.5 Å². The summed E-state index contributed by atoms with van der Waals surface area (Å²) >= 11 is 3.39. The summed E-state index contributed by atoms with van der Waals surface area (Å²) in [6, 6.07) is 18.0. The van der Waals surface area contributed by atoms with E-state index < -0.39 is 6.10 Å². The molecule has 0 spiro atoms. The second-order valence-electron chi connectivity index (χ2n) is 4.96. The Balaban J connectivity index is 1.73. The predicted molar refractivity (Wildman–Crippen MR) is 88.5 cm³/mol. The quantitative estimate of drug-likeness (QED) is 0.803. The molecule has 0 radical (unpaired) electrons. The van der Waals surface area contributed by atoms with Gasteiger partial charge in [0.25, 0.3) is 0 Å². The molecule has 0 aliphatic heterocycles. The molecule has 112 valence electrons. The maximum atomic E-state index is 9.98. The van der Waals surface area contributed by atoms with Gasteiger partial charge in [0.2, 0.25) is 0 Å². The first kappa shape index (κ1) is 16.0. The molecule has 0 heterocycles. The van der Waals surface area contributed by atoms with Crippen molar-refractivity contribution in [3.8, 4) is 5.75 Å². The van der Waals surface area contributed by atoms with E-state index >= 15 is 0 Å². The van der Waals surface area contributed by atoms with Crippen LogP contribution in [0, 0.1) is 0 Å². The highest BCUT2D eigenvalue weighted by atomic mass is 79.9. The largest absolute Gasteiger partial charge is 0.491 e. The lowest BCUT2D eigenvalue weighted by Crippen LogP contribution is -2.33. The second kappa shape index (κ2) is 8.17. The van der Waals surface area contributed by atoms with Crippen molar-refractivity contribution in [3.63, 3.8) is 0 Å². The molecule has 2 aromatic rings. The normalized spacial score (nSPS) is 13.7. The highest BCUT2D eigenvalue weighted by molar-refractivity contribution is 9.10. The van der Waals surface area contributed by atoms with Crippen LogP contribution in [0.1, 0.15) is 18.5 Å². The number of aliphatic hydroxyl groups is 1. The fraction of sp³-hybridized carbons (Fsp3) is 0.294. The third-order valence-corrected chi connectivity index (χ3v) is 3.69. The van der Waals surface area contributed by atoms with Crippen LogP contribution in [0.25, 0.3) is 0 Å². The van der Waals surface area contributed by atoms with Crippen molar-refractivity contribution >= 4 is 15.9 Å². The molecule has 0 saturated carbocycles. The highest BCUT2D eigenvalue weighted by Gasteiger charge is 2.09. The molecule has 4 heteroatoms. The van der Waals surface area contributed by atoms with E-state index in [1.165, 1.54) is 5.56 Å². The van der Waals surface area contributed by atoms with Crippen molar-refractivity contribution in [3.05, 3.63) is 64.6 Å². The van der Waals surface area contributed by atoms with Crippen LogP contribution >= 0.6 is 15.9 Å². The zero-order valence-electron chi connectivity index (χ0n) is 12.0. The fourth-order valence-corrected chi connectivity index (χ4v) is 2.36. The van der Waals surface area contributed by atoms with Gasteiger partial charge in [0.05, 0.1) is 0 Å². The van der Waals surface area contributed by atoms with Crippen LogP contribution < -0.4 is 10.1 Å². The van der Waals surface area contributed by atoms with Crippen molar-refractivity contribution in [1.29, 1.82) is 0 Å². The molecular weight excluding hydrogens is 330 g/mol. The van der Waals surface area contributed by atoms with Gasteiger partial charge in [-0.15, -0.1) is 0 Å². The minimum atomic E-state index is -0.546. The van der Waals surface area contributed by atoms with E-state index in [2.05, 4.69) is 40.3 Å². The molecular formula is C17H20BrNO2. The maximum absolute atomic E-state index is 9.98. The molecule has 1 unspecified atom stereocenters. The number of hydrogen-bond donors (Lipinski definition) is 2. The smallest absolute Gasteiger partial charge is 0.120 e. The Morgan fingerprint density at radius 2 is 1.90 bits per heavy atom. The number of halogens is 1. The lowest BCUT2D eigenvalue weighted by atomic mass is 10.1. The number of nitrogens with one attached hydrogen (secondary N) is 1. The number of aliphatic hydroxyl groups excluding tert-OH is 1. The SMILES string of the molecule is C[C@@H](NCC(O)COc1cccc(Br)c1)c1ccccc1. The van der Waals surface area contributed by atoms with E-state index in [1.54, 1.807) is 0 Å². The molecule has 0 saturated heterocycles. The third kappa shape index (κ3) is 5.50. The molecule has 0 fully saturated rings. The lowest BCUT2D eigenvalue weighted by Gasteiger charge is -2.18. The minimum Gasteiger partial charge on any atom is -0.491 e. The molecule has 0 aromatic heterocycles. The van der Waals surface area contributed by atoms with Crippen molar-refractivity contribution in [1.82, 2.24) is 5.32 Å². The third-order valence-electron chi connectivity index (χ3n) is 3.20. The van der Waals surface area contributed by atoms with E-state index in [0.29, 0.717) is 6.54 Å². The zero-order valence-corrected chi connectivity index (χ0v) is 13.6. The van der Waals surface area contributed by atoms with Crippen molar-refractivity contribution in [2.75, 3.05) is 13.2 Å². The molecule has 3 nitrogen and oxygen atoms in total. The summed E-state index contributed by atoms with van der Waals surface area (Å²) < 4.78 is 6.53. The van der Waals surface area contributed by atoms with Gasteiger partial charge in [0, 0.05) is 17.1 Å². The average Bonchev–Trinajstić information content (AvgIpc) is 2.51. The van der Waals surface area contributed by atoms with Crippen LogP contribution in [0.3, 0.4) is 0 Å². The van der Waals surface area contributed by atoms with E-state index in [9.17, 15) is 5.11 Å². The van der Waals surface area contributed by atoms with E-state index in [0.717, 1.165) is 10.2 Å². The Labute approximate surface area is 134 Å². The standard InChI is InChI=1S/C17H20BrNO2/c1-13(14-6-3-2-4-7-14)19-11-16(20)12-21-17-9-5-8-15(18)10-17/h2-10,13,16,19-20H,11-12H2,1H3/t13-,16?/m1/s1. The van der Waals surface area contributed by atoms with Gasteiger partial charge in [-0.1, -0.05) is 52.3 Å². The Morgan fingerprint density at radius 3 is 2.62 bits per heavy atom. The van der Waals surface area contributed by atoms with Crippen molar-refractivity contribution < 1.29 is 9.84 Å². The summed E-state index contributed by atoms with van der Waals surface area (Å²) in [4.78, 5) is 0. The first-order chi connectivity index (χ1) is 10.1. The minimum absolute atomic E-state index is 0.201. The molecule has 0 amide bonds. The van der Waals surface area contributed by atoms with Crippen LogP contribution in [0.2, 0.25) is 0 Å². The van der Waals surface area contributed by atoms with Gasteiger partial charge in [-0.05, 0) is 30.7 Å². The van der Waals surface area contributed by atoms with Crippen LogP contribution in [-0.2, 0) is 0 Å². The highest BCUT2D eigenvalue weighted by Crippen LogP contribution is 2.18. The fourth-order valence-electron chi connectivity index (χ4n) is 1.98. The molecule has 0 aliphatic carbocycles. The predicted octanol–water partition coefficient (Wildman–Crippen LogP) is 3.54. The summed E-state index contributed by atoms with van der Waals surface area (Å²) in [6.45, 7) is 2.84. The topological polar surface area (TPSA) is 41.5 Å². The maximum Gasteiger partial charge on any atom is 0.120 e. The molecule has 2 aromatic carbocycles. The zero-order chi connectivity index (χ0) is 15.1. The molecule has 2 N–H and O–H groups in total. The summed E-state index contributed by atoms with van der Waals surface area (Å²) in [5.74, 6) is 0.750. The van der Waals surface area contributed by atoms with Crippen LogP contribution in [0.15, 0.2) is 59.1 Å². The van der Waals surface area contributed by atoms with Crippen molar-refractivity contribution in [2.45, 2.75) is 19.1 Å². The lowest BCUT2D eigenvalue weighted by molar-refractivity contribution is 0.104. The monoisotopic (exact) mass is 349 g/mol. The molecule has 2 atom stereocenters. The van der Waals surface area contributed by atoms with Gasteiger partial charge in [-0.25, -0.2) is 0 Å². The number of benzene rings is 2. The summed E-state index contributed by atoms with van der Waals surface area (Å²) in [5.41, 5.74) is 1.21. The Kier molecular flexibility index (Phi) is 6.23. The first-order valence-electron chi connectivity index (χ1n) is 7.00. The van der Waals surface area contributed by atoms with Gasteiger partial charge in [0.15, 0.2) is 0 Å². The molecule has 21 heavy (non-hydrogen) atoms. The average molecular weight is 350 g/mol. The van der Waals surface area contributed by atoms with Crippen LogP contribution in [0.4, 0.5) is 0 Å². The van der Waals surface area contributed by atoms with Crippen LogP contribution in [-0.4, -0.2) is 24.4 Å². The molecule has 2 rings (SSSR count). The summed E-state index contributed by atoms with van der Waals surface area (Å²) in [6.07, 6.45) is -0.546. The van der Waals surface area contributed by atoms with E-state index in [-0.39, 0.29) is 12.6 Å². The van der Waals surface area contributed by atoms with Gasteiger partial charge in [-0.2, -0.15) is 0 Å². The molecule has 0 bridgehead atoms. The molecule has 0 aliphatic rings. The Hall–Kier alpha value is -1.36. The Bertz CT molecular complexity index is 547. The van der Waals surface area contributed by atoms with Gasteiger partial charge < -0.3 is 15.2 Å². The van der Waals surface area contributed by atoms with Gasteiger partial charge >= 0.3 is 0 Å². The van der Waals surface area contributed by atoms with E-state index in [1.807, 2.05) is 42.5 Å². The van der Waals surface area contributed by atoms with E-state index in [4.69, 9.17) is 4.74 Å². The Morgan fingerprint density at radius 1 is 1.14 bits per heavy atom. The summed E-state index contributed by atoms with van der Waals surface area (Å²) in [5, 5.41) is 13.3.